The van der Waals surface area contributed by atoms with Crippen LogP contribution >= 0.6 is 11.3 Å². The Labute approximate surface area is 90.3 Å². The molecule has 1 aromatic rings. The smallest absolute Gasteiger partial charge is 0.0508 e. The van der Waals surface area contributed by atoms with Gasteiger partial charge in [-0.15, -0.1) is 11.3 Å². The fraction of sp³-hybridized carbons (Fsp3) is 0.667. The summed E-state index contributed by atoms with van der Waals surface area (Å²) in [6.45, 7) is 4.67. The minimum absolute atomic E-state index is 0.0457. The lowest BCUT2D eigenvalue weighted by Gasteiger charge is -2.42. The summed E-state index contributed by atoms with van der Waals surface area (Å²) in [5.41, 5.74) is 6.88. The summed E-state index contributed by atoms with van der Waals surface area (Å²) in [6, 6.07) is 4.29. The van der Waals surface area contributed by atoms with E-state index in [1.165, 1.54) is 17.7 Å². The van der Waals surface area contributed by atoms with Gasteiger partial charge in [-0.05, 0) is 36.1 Å². The highest BCUT2D eigenvalue weighted by molar-refractivity contribution is 7.10. The molecule has 1 saturated carbocycles. The van der Waals surface area contributed by atoms with Crippen LogP contribution in [0.15, 0.2) is 17.5 Å². The van der Waals surface area contributed by atoms with Gasteiger partial charge in [-0.3, -0.25) is 0 Å². The summed E-state index contributed by atoms with van der Waals surface area (Å²) in [7, 11) is 0. The van der Waals surface area contributed by atoms with Crippen molar-refractivity contribution in [3.63, 3.8) is 0 Å². The Kier molecular flexibility index (Phi) is 2.44. The number of nitrogens with two attached hydrogens (primary N) is 1. The average molecular weight is 209 g/mol. The van der Waals surface area contributed by atoms with E-state index in [4.69, 9.17) is 5.73 Å². The van der Waals surface area contributed by atoms with Crippen LogP contribution in [0.25, 0.3) is 0 Å². The maximum absolute atomic E-state index is 6.51. The van der Waals surface area contributed by atoms with E-state index in [9.17, 15) is 0 Å². The maximum atomic E-state index is 6.51. The van der Waals surface area contributed by atoms with E-state index in [1.54, 1.807) is 11.3 Å². The molecule has 2 N–H and O–H groups in total. The van der Waals surface area contributed by atoms with Crippen LogP contribution in [0.2, 0.25) is 0 Å². The highest BCUT2D eigenvalue weighted by atomic mass is 32.1. The molecule has 0 amide bonds. The standard InChI is InChI=1S/C12H19NS/c1-11(2)6-4-7-12(13,9-11)10-5-3-8-14-10/h3,5,8H,4,6-7,9,13H2,1-2H3. The van der Waals surface area contributed by atoms with Crippen LogP contribution in [0.1, 0.15) is 44.4 Å². The molecule has 1 nitrogen and oxygen atoms in total. The van der Waals surface area contributed by atoms with Crippen molar-refractivity contribution >= 4 is 11.3 Å². The van der Waals surface area contributed by atoms with Gasteiger partial charge in [0.1, 0.15) is 0 Å². The predicted octanol–water partition coefficient (Wildman–Crippen LogP) is 3.50. The van der Waals surface area contributed by atoms with Crippen molar-refractivity contribution in [1.29, 1.82) is 0 Å². The lowest BCUT2D eigenvalue weighted by molar-refractivity contribution is 0.154. The SMILES string of the molecule is CC1(C)CCCC(N)(c2cccs2)C1. The van der Waals surface area contributed by atoms with Crippen molar-refractivity contribution in [1.82, 2.24) is 0 Å². The molecule has 1 aliphatic rings. The van der Waals surface area contributed by atoms with Gasteiger partial charge in [0, 0.05) is 4.88 Å². The lowest BCUT2D eigenvalue weighted by atomic mass is 9.68. The maximum Gasteiger partial charge on any atom is 0.0508 e. The summed E-state index contributed by atoms with van der Waals surface area (Å²) in [5.74, 6) is 0. The molecule has 2 rings (SSSR count). The van der Waals surface area contributed by atoms with Gasteiger partial charge in [0.25, 0.3) is 0 Å². The Morgan fingerprint density at radius 2 is 2.14 bits per heavy atom. The fourth-order valence-electron chi connectivity index (χ4n) is 2.69. The molecule has 0 spiro atoms. The Balaban J connectivity index is 2.24. The largest absolute Gasteiger partial charge is 0.321 e. The number of rotatable bonds is 1. The molecular weight excluding hydrogens is 190 g/mol. The van der Waals surface area contributed by atoms with Crippen LogP contribution in [-0.4, -0.2) is 0 Å². The quantitative estimate of drug-likeness (QED) is 0.752. The first kappa shape index (κ1) is 10.2. The fourth-order valence-corrected chi connectivity index (χ4v) is 3.56. The van der Waals surface area contributed by atoms with Crippen LogP contribution < -0.4 is 5.73 Å². The van der Waals surface area contributed by atoms with Crippen LogP contribution in [0, 0.1) is 5.41 Å². The van der Waals surface area contributed by atoms with Gasteiger partial charge in [0.15, 0.2) is 0 Å². The third-order valence-electron chi connectivity index (χ3n) is 3.28. The van der Waals surface area contributed by atoms with E-state index in [0.717, 1.165) is 12.8 Å². The zero-order chi connectivity index (χ0) is 10.2. The second-order valence-corrected chi connectivity index (χ2v) is 6.28. The van der Waals surface area contributed by atoms with Crippen molar-refractivity contribution < 1.29 is 0 Å². The molecule has 0 bridgehead atoms. The third-order valence-corrected chi connectivity index (χ3v) is 4.37. The lowest BCUT2D eigenvalue weighted by Crippen LogP contribution is -2.43. The molecule has 1 atom stereocenters. The molecule has 1 aromatic heterocycles. The van der Waals surface area contributed by atoms with Crippen LogP contribution in [0.4, 0.5) is 0 Å². The zero-order valence-electron chi connectivity index (χ0n) is 9.05. The highest BCUT2D eigenvalue weighted by Crippen LogP contribution is 2.45. The van der Waals surface area contributed by atoms with Gasteiger partial charge in [0.2, 0.25) is 0 Å². The van der Waals surface area contributed by atoms with Crippen molar-refractivity contribution in [3.8, 4) is 0 Å². The second kappa shape index (κ2) is 3.35. The van der Waals surface area contributed by atoms with Crippen molar-refractivity contribution in [2.45, 2.75) is 45.1 Å². The molecule has 1 heterocycles. The molecule has 78 valence electrons. The first-order chi connectivity index (χ1) is 6.52. The molecule has 1 fully saturated rings. The van der Waals surface area contributed by atoms with Gasteiger partial charge in [-0.25, -0.2) is 0 Å². The van der Waals surface area contributed by atoms with Gasteiger partial charge in [-0.1, -0.05) is 26.3 Å². The van der Waals surface area contributed by atoms with E-state index in [2.05, 4.69) is 31.4 Å². The van der Waals surface area contributed by atoms with Gasteiger partial charge in [0.05, 0.1) is 5.54 Å². The summed E-state index contributed by atoms with van der Waals surface area (Å²) in [5, 5.41) is 2.13. The molecular formula is C12H19NS. The first-order valence-corrected chi connectivity index (χ1v) is 6.23. The summed E-state index contributed by atoms with van der Waals surface area (Å²) in [6.07, 6.45) is 4.86. The number of hydrogen-bond acceptors (Lipinski definition) is 2. The molecule has 2 heteroatoms. The minimum Gasteiger partial charge on any atom is -0.321 e. The Morgan fingerprint density at radius 1 is 1.36 bits per heavy atom. The summed E-state index contributed by atoms with van der Waals surface area (Å²) in [4.78, 5) is 1.37. The Bertz CT molecular complexity index is 302. The van der Waals surface area contributed by atoms with Gasteiger partial charge >= 0.3 is 0 Å². The normalized spacial score (nSPS) is 31.6. The van der Waals surface area contributed by atoms with E-state index in [1.807, 2.05) is 0 Å². The van der Waals surface area contributed by atoms with E-state index in [-0.39, 0.29) is 5.54 Å². The topological polar surface area (TPSA) is 26.0 Å². The number of thiophene rings is 1. The van der Waals surface area contributed by atoms with Gasteiger partial charge in [-0.2, -0.15) is 0 Å². The van der Waals surface area contributed by atoms with Crippen LogP contribution in [0.3, 0.4) is 0 Å². The zero-order valence-corrected chi connectivity index (χ0v) is 9.86. The van der Waals surface area contributed by atoms with Gasteiger partial charge < -0.3 is 5.73 Å². The Hall–Kier alpha value is -0.340. The molecule has 0 saturated heterocycles. The molecule has 0 radical (unpaired) electrons. The molecule has 14 heavy (non-hydrogen) atoms. The molecule has 1 aliphatic carbocycles. The number of hydrogen-bond donors (Lipinski definition) is 1. The highest BCUT2D eigenvalue weighted by Gasteiger charge is 2.38. The van der Waals surface area contributed by atoms with Crippen molar-refractivity contribution in [3.05, 3.63) is 22.4 Å². The minimum atomic E-state index is -0.0457. The molecule has 1 unspecified atom stereocenters. The average Bonchev–Trinajstić information content (AvgIpc) is 2.52. The summed E-state index contributed by atoms with van der Waals surface area (Å²) >= 11 is 1.80. The van der Waals surface area contributed by atoms with Crippen LogP contribution in [-0.2, 0) is 5.54 Å². The monoisotopic (exact) mass is 209 g/mol. The third kappa shape index (κ3) is 1.86. The summed E-state index contributed by atoms with van der Waals surface area (Å²) < 4.78 is 0. The van der Waals surface area contributed by atoms with E-state index >= 15 is 0 Å². The van der Waals surface area contributed by atoms with E-state index in [0.29, 0.717) is 5.41 Å². The first-order valence-electron chi connectivity index (χ1n) is 5.35. The predicted molar refractivity (Wildman–Crippen MR) is 62.4 cm³/mol. The Morgan fingerprint density at radius 3 is 2.71 bits per heavy atom. The van der Waals surface area contributed by atoms with E-state index < -0.39 is 0 Å². The van der Waals surface area contributed by atoms with Crippen molar-refractivity contribution in [2.75, 3.05) is 0 Å². The molecule has 0 aromatic carbocycles. The van der Waals surface area contributed by atoms with Crippen LogP contribution in [0.5, 0.6) is 0 Å². The van der Waals surface area contributed by atoms with Crippen molar-refractivity contribution in [2.24, 2.45) is 11.1 Å². The second-order valence-electron chi connectivity index (χ2n) is 5.33. The molecule has 0 aliphatic heterocycles.